The number of allylic oxidation sites excluding steroid dienone is 2. The summed E-state index contributed by atoms with van der Waals surface area (Å²) >= 11 is 0. The molecule has 1 aromatic carbocycles. The van der Waals surface area contributed by atoms with Gasteiger partial charge in [0.1, 0.15) is 18.3 Å². The molecule has 4 heterocycles. The topological polar surface area (TPSA) is 352 Å². The number of nitrogens with zero attached hydrogens (tertiary/aromatic N) is 3. The van der Waals surface area contributed by atoms with Crippen molar-refractivity contribution in [2.75, 3.05) is 32.7 Å². The quantitative estimate of drug-likeness (QED) is 0.0120. The van der Waals surface area contributed by atoms with Gasteiger partial charge in [-0.15, -0.1) is 0 Å². The molecule has 8 N–H and O–H groups in total. The summed E-state index contributed by atoms with van der Waals surface area (Å²) in [6, 6.07) is 4.34. The van der Waals surface area contributed by atoms with E-state index in [2.05, 4.69) is 10.6 Å². The van der Waals surface area contributed by atoms with E-state index in [1.165, 1.54) is 48.8 Å². The lowest BCUT2D eigenvalue weighted by atomic mass is 9.88. The van der Waals surface area contributed by atoms with Crippen LogP contribution in [0, 0.1) is 17.8 Å². The van der Waals surface area contributed by atoms with Gasteiger partial charge >= 0.3 is 18.2 Å². The molecular weight excluding hydrogens is 1130 g/mol. The molecule has 7 amide bonds. The predicted octanol–water partition coefficient (Wildman–Crippen LogP) is 3.72. The number of imide groups is 1. The van der Waals surface area contributed by atoms with Gasteiger partial charge < -0.3 is 65.5 Å². The van der Waals surface area contributed by atoms with Crippen molar-refractivity contribution in [1.82, 2.24) is 25.3 Å². The van der Waals surface area contributed by atoms with E-state index >= 15 is 0 Å². The van der Waals surface area contributed by atoms with E-state index in [-0.39, 0.29) is 114 Å². The van der Waals surface area contributed by atoms with Crippen LogP contribution < -0.4 is 16.4 Å². The standard InChI is InChI=1S/C63H90N6O18/c1-9-47(71)41(5)58-50(85-58)36-62(7,82)25-13-14-38(2)57-39(3)16-21-51(63(8,83)26-24-45(70)34-56(78)87-57)86-61(81)68-30-28-67(29-31-68)60(80)84-37-44-19-17-43(18-20-44)33-49(73)46(35-52(64)74)66-59(79)40(4)32-48(72)42(6)65-53(75)15-11-10-12-27-69-54(76)22-23-55(69)77/h13-14,16-23,25,39-42,45-47,50-51,57-58,70-71,82-83H,9-12,15,24,26-37H2,1-8H3,(H2,64,74)(H,65,75)(H,66,79)/b21-16+,25-13+,38-14+/t39-,40+,41+,42-,45+,46-,47-,50+,51-,57+,58+,62-,63+/m0/s1. The number of aliphatic hydroxyl groups excluding tert-OH is 2. The van der Waals surface area contributed by atoms with E-state index in [9.17, 15) is 68.4 Å². The Kier molecular flexibility index (Phi) is 26.6. The normalized spacial score (nSPS) is 25.6. The zero-order valence-electron chi connectivity index (χ0n) is 51.4. The summed E-state index contributed by atoms with van der Waals surface area (Å²) in [4.78, 5) is 131. The molecule has 0 radical (unpaired) electrons. The molecule has 0 aliphatic carbocycles. The molecule has 4 aliphatic rings. The minimum absolute atomic E-state index is 0.0107. The molecular formula is C63H90N6O18. The van der Waals surface area contributed by atoms with Gasteiger partial charge in [0.05, 0.1) is 54.9 Å². The summed E-state index contributed by atoms with van der Waals surface area (Å²) in [6.07, 6.45) is 6.42. The summed E-state index contributed by atoms with van der Waals surface area (Å²) in [7, 11) is 0. The lowest BCUT2D eigenvalue weighted by Gasteiger charge is -2.37. The molecule has 13 atom stereocenters. The minimum Gasteiger partial charge on any atom is -0.457 e. The molecule has 2 saturated heterocycles. The Labute approximate surface area is 508 Å². The lowest BCUT2D eigenvalue weighted by Crippen LogP contribution is -2.52. The van der Waals surface area contributed by atoms with Crippen LogP contribution in [0.15, 0.2) is 72.4 Å². The largest absolute Gasteiger partial charge is 0.457 e. The number of nitrogens with two attached hydrogens (primary N) is 1. The fourth-order valence-corrected chi connectivity index (χ4v) is 10.5. The van der Waals surface area contributed by atoms with Gasteiger partial charge in [-0.05, 0) is 82.6 Å². The van der Waals surface area contributed by atoms with Crippen molar-refractivity contribution in [3.8, 4) is 0 Å². The molecule has 0 bridgehead atoms. The molecule has 1 aromatic rings. The molecule has 0 saturated carbocycles. The molecule has 2 fully saturated rings. The van der Waals surface area contributed by atoms with Gasteiger partial charge in [0.15, 0.2) is 17.7 Å². The molecule has 0 unspecified atom stereocenters. The molecule has 0 spiro atoms. The van der Waals surface area contributed by atoms with Crippen LogP contribution in [0.3, 0.4) is 0 Å². The van der Waals surface area contributed by atoms with Gasteiger partial charge in [-0.25, -0.2) is 9.59 Å². The maximum absolute atomic E-state index is 13.7. The third-order valence-corrected chi connectivity index (χ3v) is 16.3. The van der Waals surface area contributed by atoms with Crippen molar-refractivity contribution in [1.29, 1.82) is 0 Å². The summed E-state index contributed by atoms with van der Waals surface area (Å²) in [5, 5.41) is 49.0. The molecule has 0 aromatic heterocycles. The predicted molar refractivity (Wildman–Crippen MR) is 316 cm³/mol. The molecule has 24 heteroatoms. The number of ketones is 2. The average molecular weight is 1220 g/mol. The van der Waals surface area contributed by atoms with Crippen molar-refractivity contribution in [2.24, 2.45) is 23.5 Å². The number of ether oxygens (including phenoxy) is 4. The number of unbranched alkanes of at least 4 members (excludes halogenated alkanes) is 2. The Balaban J connectivity index is 1.06. The van der Waals surface area contributed by atoms with E-state index in [0.717, 1.165) is 4.90 Å². The van der Waals surface area contributed by atoms with Crippen LogP contribution in [0.25, 0.3) is 0 Å². The van der Waals surface area contributed by atoms with Gasteiger partial charge in [-0.2, -0.15) is 0 Å². The van der Waals surface area contributed by atoms with Crippen molar-refractivity contribution in [3.63, 3.8) is 0 Å². The Morgan fingerprint density at radius 3 is 2.16 bits per heavy atom. The number of amides is 7. The molecule has 5 rings (SSSR count). The van der Waals surface area contributed by atoms with Crippen LogP contribution in [0.4, 0.5) is 9.59 Å². The summed E-state index contributed by atoms with van der Waals surface area (Å²) in [5.74, 6) is -5.75. The number of nitrogens with one attached hydrogen (secondary N) is 2. The number of Topliss-reactive ketones (excluding diaryl/α,β-unsaturated/α-hetero) is 2. The molecule has 480 valence electrons. The molecule has 4 aliphatic heterocycles. The number of primary amides is 1. The number of piperazine rings is 1. The highest BCUT2D eigenvalue weighted by molar-refractivity contribution is 6.12. The monoisotopic (exact) mass is 1220 g/mol. The Morgan fingerprint density at radius 1 is 0.897 bits per heavy atom. The van der Waals surface area contributed by atoms with Crippen LogP contribution in [-0.4, -0.2) is 187 Å². The van der Waals surface area contributed by atoms with Gasteiger partial charge in [-0.1, -0.05) is 82.7 Å². The highest BCUT2D eigenvalue weighted by atomic mass is 16.6. The number of aliphatic hydroxyl groups is 4. The average Bonchev–Trinajstić information content (AvgIpc) is 1.98. The Morgan fingerprint density at radius 2 is 1.53 bits per heavy atom. The lowest BCUT2D eigenvalue weighted by molar-refractivity contribution is -0.151. The van der Waals surface area contributed by atoms with Gasteiger partial charge in [0.2, 0.25) is 17.7 Å². The second-order valence-electron chi connectivity index (χ2n) is 24.1. The van der Waals surface area contributed by atoms with Crippen LogP contribution in [0.5, 0.6) is 0 Å². The number of rotatable bonds is 28. The van der Waals surface area contributed by atoms with Crippen molar-refractivity contribution in [2.45, 2.75) is 199 Å². The number of carbonyl (C=O) groups is 10. The zero-order valence-corrected chi connectivity index (χ0v) is 51.4. The van der Waals surface area contributed by atoms with E-state index < -0.39 is 107 Å². The minimum atomic E-state index is -1.68. The van der Waals surface area contributed by atoms with Crippen molar-refractivity contribution >= 4 is 59.3 Å². The number of carbonyl (C=O) groups excluding carboxylic acids is 10. The first-order valence-corrected chi connectivity index (χ1v) is 30.1. The highest BCUT2D eigenvalue weighted by Crippen LogP contribution is 2.38. The maximum atomic E-state index is 13.7. The first-order chi connectivity index (χ1) is 41.0. The van der Waals surface area contributed by atoms with Crippen molar-refractivity contribution in [3.05, 3.63) is 83.5 Å². The molecule has 87 heavy (non-hydrogen) atoms. The Bertz CT molecular complexity index is 2710. The zero-order chi connectivity index (χ0) is 64.3. The number of esters is 1. The third kappa shape index (κ3) is 22.5. The van der Waals surface area contributed by atoms with Gasteiger partial charge in [0, 0.05) is 88.3 Å². The van der Waals surface area contributed by atoms with Crippen LogP contribution in [0.1, 0.15) is 137 Å². The number of hydrogen-bond acceptors (Lipinski definition) is 18. The second kappa shape index (κ2) is 32.7. The number of benzene rings is 1. The van der Waals surface area contributed by atoms with E-state index in [1.807, 2.05) is 13.8 Å². The summed E-state index contributed by atoms with van der Waals surface area (Å²) in [5.41, 5.74) is 4.24. The van der Waals surface area contributed by atoms with E-state index in [0.29, 0.717) is 48.8 Å². The first-order valence-electron chi connectivity index (χ1n) is 30.1. The number of hydrogen-bond donors (Lipinski definition) is 7. The van der Waals surface area contributed by atoms with Gasteiger partial charge in [-0.3, -0.25) is 43.3 Å². The SMILES string of the molecule is CC[C@H](O)[C@@H](C)[C@H]1O[C@@H]1C[C@@](C)(O)/C=C/C=C(\C)[C@H]1OC(=O)C[C@H](O)CC[C@@](C)(O)[C@@H](OC(=O)N2CCN(C(=O)OCc3ccc(CC(=O)[C@H](CC(N)=O)NC(=O)[C@H](C)CC(=O)[C@H](C)NC(=O)CCCCCN4C(=O)C=CC4=O)cc3)CC2)/C=C/[C@@H]1C. The van der Waals surface area contributed by atoms with Crippen LogP contribution >= 0.6 is 0 Å². The Hall–Kier alpha value is -7.12. The van der Waals surface area contributed by atoms with Crippen LogP contribution in [0.2, 0.25) is 0 Å². The third-order valence-electron chi connectivity index (χ3n) is 16.3. The smallest absolute Gasteiger partial charge is 0.410 e. The van der Waals surface area contributed by atoms with Crippen LogP contribution in [-0.2, 0) is 70.3 Å². The van der Waals surface area contributed by atoms with Gasteiger partial charge in [0.25, 0.3) is 11.8 Å². The molecule has 24 nitrogen and oxygen atoms in total. The van der Waals surface area contributed by atoms with E-state index in [4.69, 9.17) is 24.7 Å². The fourth-order valence-electron chi connectivity index (χ4n) is 10.5. The maximum Gasteiger partial charge on any atom is 0.410 e. The number of epoxide rings is 1. The fraction of sp³-hybridized carbons (Fsp3) is 0.619. The second-order valence-corrected chi connectivity index (χ2v) is 24.1. The number of cyclic esters (lactones) is 1. The van der Waals surface area contributed by atoms with E-state index in [1.54, 1.807) is 69.3 Å². The first kappa shape index (κ1) is 70.6. The van der Waals surface area contributed by atoms with Crippen molar-refractivity contribution < 1.29 is 87.3 Å². The summed E-state index contributed by atoms with van der Waals surface area (Å²) < 4.78 is 23.2. The summed E-state index contributed by atoms with van der Waals surface area (Å²) in [6.45, 7) is 13.9. The highest BCUT2D eigenvalue weighted by Gasteiger charge is 2.47.